The fourth-order valence-electron chi connectivity index (χ4n) is 1.77. The summed E-state index contributed by atoms with van der Waals surface area (Å²) in [5.41, 5.74) is 0.351. The molecule has 1 amide bonds. The van der Waals surface area contributed by atoms with E-state index in [-0.39, 0.29) is 30.2 Å². The van der Waals surface area contributed by atoms with Crippen molar-refractivity contribution in [1.29, 1.82) is 0 Å². The van der Waals surface area contributed by atoms with Gasteiger partial charge < -0.3 is 15.2 Å². The normalized spacial score (nSPS) is 9.90. The molecule has 0 saturated carbocycles. The van der Waals surface area contributed by atoms with Gasteiger partial charge in [-0.25, -0.2) is 4.79 Å². The van der Waals surface area contributed by atoms with Crippen LogP contribution in [0.25, 0.3) is 0 Å². The first kappa shape index (κ1) is 14.6. The first-order valence-corrected chi connectivity index (χ1v) is 6.47. The van der Waals surface area contributed by atoms with Crippen molar-refractivity contribution in [2.24, 2.45) is 0 Å². The van der Waals surface area contributed by atoms with E-state index in [9.17, 15) is 9.59 Å². The molecule has 0 aliphatic carbocycles. The van der Waals surface area contributed by atoms with Gasteiger partial charge in [0, 0.05) is 0 Å². The highest BCUT2D eigenvalue weighted by molar-refractivity contribution is 6.00. The minimum atomic E-state index is -1.08. The highest BCUT2D eigenvalue weighted by Crippen LogP contribution is 2.15. The van der Waals surface area contributed by atoms with Crippen LogP contribution in [0.5, 0.6) is 5.75 Å². The van der Waals surface area contributed by atoms with Crippen LogP contribution in [-0.4, -0.2) is 23.6 Å². The van der Waals surface area contributed by atoms with E-state index >= 15 is 0 Å². The zero-order chi connectivity index (χ0) is 15.1. The molecule has 0 aliphatic rings. The standard InChI is InChI=1S/C16H15NO4/c18-15(10-11-21-12-6-2-1-3-7-12)17-14-9-5-4-8-13(14)16(19)20/h1-9H,10-11H2,(H,17,18)(H,19,20). The Morgan fingerprint density at radius 1 is 1.00 bits per heavy atom. The molecule has 5 nitrogen and oxygen atoms in total. The maximum Gasteiger partial charge on any atom is 0.337 e. The van der Waals surface area contributed by atoms with Crippen LogP contribution in [0, 0.1) is 0 Å². The number of carbonyl (C=O) groups is 2. The summed E-state index contributed by atoms with van der Waals surface area (Å²) in [6, 6.07) is 15.5. The van der Waals surface area contributed by atoms with Crippen molar-refractivity contribution in [2.45, 2.75) is 6.42 Å². The zero-order valence-corrected chi connectivity index (χ0v) is 11.3. The van der Waals surface area contributed by atoms with Gasteiger partial charge in [-0.2, -0.15) is 0 Å². The predicted molar refractivity (Wildman–Crippen MR) is 78.6 cm³/mol. The Bertz CT molecular complexity index is 625. The number of para-hydroxylation sites is 2. The third-order valence-corrected chi connectivity index (χ3v) is 2.77. The fourth-order valence-corrected chi connectivity index (χ4v) is 1.77. The van der Waals surface area contributed by atoms with Crippen molar-refractivity contribution in [3.8, 4) is 5.75 Å². The molecule has 0 spiro atoms. The van der Waals surface area contributed by atoms with Crippen molar-refractivity contribution >= 4 is 17.6 Å². The molecule has 108 valence electrons. The topological polar surface area (TPSA) is 75.6 Å². The number of rotatable bonds is 6. The number of carboxylic acids is 1. The second-order valence-electron chi connectivity index (χ2n) is 4.31. The average molecular weight is 285 g/mol. The Labute approximate surface area is 122 Å². The summed E-state index contributed by atoms with van der Waals surface area (Å²) in [4.78, 5) is 22.8. The molecule has 5 heteroatoms. The highest BCUT2D eigenvalue weighted by atomic mass is 16.5. The van der Waals surface area contributed by atoms with Crippen LogP contribution in [0.1, 0.15) is 16.8 Å². The average Bonchev–Trinajstić information content (AvgIpc) is 2.48. The summed E-state index contributed by atoms with van der Waals surface area (Å²) in [5.74, 6) is -0.678. The quantitative estimate of drug-likeness (QED) is 0.855. The van der Waals surface area contributed by atoms with Gasteiger partial charge in [-0.15, -0.1) is 0 Å². The van der Waals surface area contributed by atoms with Gasteiger partial charge in [-0.3, -0.25) is 4.79 Å². The van der Waals surface area contributed by atoms with Crippen LogP contribution in [0.15, 0.2) is 54.6 Å². The maximum absolute atomic E-state index is 11.8. The molecular formula is C16H15NO4. The lowest BCUT2D eigenvalue weighted by Crippen LogP contribution is -2.17. The number of anilines is 1. The van der Waals surface area contributed by atoms with Gasteiger partial charge >= 0.3 is 5.97 Å². The van der Waals surface area contributed by atoms with E-state index in [0.29, 0.717) is 5.75 Å². The van der Waals surface area contributed by atoms with Gasteiger partial charge in [0.15, 0.2) is 0 Å². The first-order valence-electron chi connectivity index (χ1n) is 6.47. The van der Waals surface area contributed by atoms with Gasteiger partial charge in [-0.1, -0.05) is 30.3 Å². The minimum absolute atomic E-state index is 0.0647. The van der Waals surface area contributed by atoms with Crippen LogP contribution < -0.4 is 10.1 Å². The van der Waals surface area contributed by atoms with E-state index in [0.717, 1.165) is 0 Å². The molecule has 2 aromatic carbocycles. The van der Waals surface area contributed by atoms with E-state index in [1.165, 1.54) is 6.07 Å². The lowest BCUT2D eigenvalue weighted by Gasteiger charge is -2.09. The molecule has 0 heterocycles. The molecular weight excluding hydrogens is 270 g/mol. The molecule has 0 aliphatic heterocycles. The van der Waals surface area contributed by atoms with Gasteiger partial charge in [0.05, 0.1) is 24.3 Å². The smallest absolute Gasteiger partial charge is 0.337 e. The van der Waals surface area contributed by atoms with Crippen LogP contribution in [0.3, 0.4) is 0 Å². The number of aromatic carboxylic acids is 1. The summed E-state index contributed by atoms with van der Waals surface area (Å²) in [7, 11) is 0. The van der Waals surface area contributed by atoms with Gasteiger partial charge in [0.25, 0.3) is 0 Å². The van der Waals surface area contributed by atoms with E-state index < -0.39 is 5.97 Å². The monoisotopic (exact) mass is 285 g/mol. The number of hydrogen-bond acceptors (Lipinski definition) is 3. The second-order valence-corrected chi connectivity index (χ2v) is 4.31. The van der Waals surface area contributed by atoms with Crippen molar-refractivity contribution in [2.75, 3.05) is 11.9 Å². The summed E-state index contributed by atoms with van der Waals surface area (Å²) in [5, 5.41) is 11.6. The molecule has 0 atom stereocenters. The van der Waals surface area contributed by atoms with E-state index in [1.54, 1.807) is 30.3 Å². The largest absolute Gasteiger partial charge is 0.493 e. The molecule has 21 heavy (non-hydrogen) atoms. The van der Waals surface area contributed by atoms with Crippen molar-refractivity contribution in [3.05, 3.63) is 60.2 Å². The number of hydrogen-bond donors (Lipinski definition) is 2. The van der Waals surface area contributed by atoms with Crippen LogP contribution in [0.2, 0.25) is 0 Å². The van der Waals surface area contributed by atoms with Gasteiger partial charge in [0.2, 0.25) is 5.91 Å². The molecule has 0 unspecified atom stereocenters. The minimum Gasteiger partial charge on any atom is -0.493 e. The van der Waals surface area contributed by atoms with E-state index in [2.05, 4.69) is 5.32 Å². The Kier molecular flexibility index (Phi) is 4.93. The van der Waals surface area contributed by atoms with E-state index in [4.69, 9.17) is 9.84 Å². The molecule has 0 saturated heterocycles. The number of nitrogens with one attached hydrogen (secondary N) is 1. The van der Waals surface area contributed by atoms with Crippen molar-refractivity contribution in [3.63, 3.8) is 0 Å². The number of amides is 1. The molecule has 2 aromatic rings. The summed E-state index contributed by atoms with van der Waals surface area (Å²) in [6.07, 6.45) is 0.142. The van der Waals surface area contributed by atoms with Gasteiger partial charge in [-0.05, 0) is 24.3 Å². The number of carbonyl (C=O) groups excluding carboxylic acids is 1. The summed E-state index contributed by atoms with van der Waals surface area (Å²) in [6.45, 7) is 0.227. The highest BCUT2D eigenvalue weighted by Gasteiger charge is 2.11. The zero-order valence-electron chi connectivity index (χ0n) is 11.3. The Morgan fingerprint density at radius 2 is 1.67 bits per heavy atom. The van der Waals surface area contributed by atoms with Crippen LogP contribution >= 0.6 is 0 Å². The molecule has 0 radical (unpaired) electrons. The van der Waals surface area contributed by atoms with Crippen LogP contribution in [-0.2, 0) is 4.79 Å². The fraction of sp³-hybridized carbons (Fsp3) is 0.125. The maximum atomic E-state index is 11.8. The third-order valence-electron chi connectivity index (χ3n) is 2.77. The molecule has 0 bridgehead atoms. The van der Waals surface area contributed by atoms with E-state index in [1.807, 2.05) is 18.2 Å². The van der Waals surface area contributed by atoms with Crippen molar-refractivity contribution in [1.82, 2.24) is 0 Å². The Morgan fingerprint density at radius 3 is 2.38 bits per heavy atom. The molecule has 0 fully saturated rings. The number of benzene rings is 2. The molecule has 0 aromatic heterocycles. The Hall–Kier alpha value is -2.82. The summed E-state index contributed by atoms with van der Waals surface area (Å²) >= 11 is 0. The SMILES string of the molecule is O=C(CCOc1ccccc1)Nc1ccccc1C(=O)O. The lowest BCUT2D eigenvalue weighted by atomic mass is 10.2. The van der Waals surface area contributed by atoms with Crippen molar-refractivity contribution < 1.29 is 19.4 Å². The molecule has 2 rings (SSSR count). The van der Waals surface area contributed by atoms with Gasteiger partial charge in [0.1, 0.15) is 5.75 Å². The van der Waals surface area contributed by atoms with Crippen LogP contribution in [0.4, 0.5) is 5.69 Å². The predicted octanol–water partition coefficient (Wildman–Crippen LogP) is 2.79. The number of ether oxygens (including phenoxy) is 1. The Balaban J connectivity index is 1.86. The second kappa shape index (κ2) is 7.09. The number of carboxylic acid groups (broad SMARTS) is 1. The lowest BCUT2D eigenvalue weighted by molar-refractivity contribution is -0.116. The third kappa shape index (κ3) is 4.35. The summed E-state index contributed by atoms with van der Waals surface area (Å²) < 4.78 is 5.41. The molecule has 2 N–H and O–H groups in total. The first-order chi connectivity index (χ1) is 10.2.